The second-order valence-electron chi connectivity index (χ2n) is 4.95. The average Bonchev–Trinajstić information content (AvgIpc) is 2.85. The van der Waals surface area contributed by atoms with Crippen LogP contribution in [-0.2, 0) is 20.1 Å². The summed E-state index contributed by atoms with van der Waals surface area (Å²) in [5, 5.41) is 4.43. The number of benzene rings is 1. The number of para-hydroxylation sites is 1. The summed E-state index contributed by atoms with van der Waals surface area (Å²) in [6, 6.07) is 10.1. The summed E-state index contributed by atoms with van der Waals surface area (Å²) >= 11 is 0. The monoisotopic (exact) mass is 273 g/mol. The molecule has 1 heterocycles. The van der Waals surface area contributed by atoms with Crippen LogP contribution in [0, 0.1) is 0 Å². The Morgan fingerprint density at radius 1 is 1.30 bits per heavy atom. The average molecular weight is 273 g/mol. The summed E-state index contributed by atoms with van der Waals surface area (Å²) < 4.78 is 7.82. The summed E-state index contributed by atoms with van der Waals surface area (Å²) in [5.41, 5.74) is 9.34. The van der Waals surface area contributed by atoms with E-state index in [2.05, 4.69) is 25.0 Å². The Morgan fingerprint density at radius 2 is 2.05 bits per heavy atom. The van der Waals surface area contributed by atoms with E-state index < -0.39 is 0 Å². The molecule has 0 saturated carbocycles. The number of hydrogen-bond donors (Lipinski definition) is 1. The molecule has 2 N–H and O–H groups in total. The molecule has 0 amide bonds. The Balaban J connectivity index is 2.12. The standard InChI is InChI=1S/C16H23N3O/c1-4-12-10-13(19(3)18-12)11-20-16-9-7-6-8-14(16)15(17)5-2/h6-10,15H,4-5,11,17H2,1-3H3. The van der Waals surface area contributed by atoms with Crippen molar-refractivity contribution in [1.82, 2.24) is 9.78 Å². The van der Waals surface area contributed by atoms with Gasteiger partial charge in [0.2, 0.25) is 0 Å². The third-order valence-corrected chi connectivity index (χ3v) is 3.52. The zero-order valence-corrected chi connectivity index (χ0v) is 12.5. The van der Waals surface area contributed by atoms with Crippen LogP contribution in [-0.4, -0.2) is 9.78 Å². The summed E-state index contributed by atoms with van der Waals surface area (Å²) in [5.74, 6) is 0.862. The third kappa shape index (κ3) is 3.20. The van der Waals surface area contributed by atoms with Crippen LogP contribution in [0.4, 0.5) is 0 Å². The van der Waals surface area contributed by atoms with Crippen molar-refractivity contribution >= 4 is 0 Å². The predicted molar refractivity (Wildman–Crippen MR) is 80.6 cm³/mol. The molecule has 2 aromatic rings. The van der Waals surface area contributed by atoms with Crippen molar-refractivity contribution in [3.8, 4) is 5.75 Å². The maximum absolute atomic E-state index is 6.12. The molecule has 0 radical (unpaired) electrons. The minimum Gasteiger partial charge on any atom is -0.487 e. The fourth-order valence-corrected chi connectivity index (χ4v) is 2.17. The maximum Gasteiger partial charge on any atom is 0.130 e. The van der Waals surface area contributed by atoms with E-state index in [1.54, 1.807) is 0 Å². The molecule has 0 bridgehead atoms. The van der Waals surface area contributed by atoms with Crippen molar-refractivity contribution in [2.45, 2.75) is 39.3 Å². The Labute approximate surface area is 120 Å². The molecule has 0 fully saturated rings. The highest BCUT2D eigenvalue weighted by atomic mass is 16.5. The smallest absolute Gasteiger partial charge is 0.130 e. The van der Waals surface area contributed by atoms with Crippen LogP contribution in [0.15, 0.2) is 30.3 Å². The lowest BCUT2D eigenvalue weighted by Gasteiger charge is -2.15. The number of ether oxygens (including phenoxy) is 1. The summed E-state index contributed by atoms with van der Waals surface area (Å²) in [6.07, 6.45) is 1.83. The van der Waals surface area contributed by atoms with Crippen LogP contribution in [0.3, 0.4) is 0 Å². The van der Waals surface area contributed by atoms with Gasteiger partial charge < -0.3 is 10.5 Å². The first-order chi connectivity index (χ1) is 9.65. The molecule has 2 rings (SSSR count). The van der Waals surface area contributed by atoms with Crippen molar-refractivity contribution in [1.29, 1.82) is 0 Å². The molecule has 0 spiro atoms. The molecule has 0 aliphatic rings. The molecule has 20 heavy (non-hydrogen) atoms. The Bertz CT molecular complexity index is 563. The fourth-order valence-electron chi connectivity index (χ4n) is 2.17. The number of nitrogens with zero attached hydrogens (tertiary/aromatic N) is 2. The van der Waals surface area contributed by atoms with E-state index in [1.165, 1.54) is 0 Å². The molecule has 1 atom stereocenters. The van der Waals surface area contributed by atoms with Gasteiger partial charge in [0.25, 0.3) is 0 Å². The van der Waals surface area contributed by atoms with Gasteiger partial charge in [-0.15, -0.1) is 0 Å². The molecule has 0 aliphatic carbocycles. The Kier molecular flexibility index (Phi) is 4.79. The quantitative estimate of drug-likeness (QED) is 0.880. The van der Waals surface area contributed by atoms with Gasteiger partial charge in [0, 0.05) is 18.7 Å². The van der Waals surface area contributed by atoms with E-state index in [4.69, 9.17) is 10.5 Å². The third-order valence-electron chi connectivity index (χ3n) is 3.52. The van der Waals surface area contributed by atoms with Crippen molar-refractivity contribution in [2.75, 3.05) is 0 Å². The van der Waals surface area contributed by atoms with Gasteiger partial charge in [-0.3, -0.25) is 4.68 Å². The molecule has 4 nitrogen and oxygen atoms in total. The summed E-state index contributed by atoms with van der Waals surface area (Å²) in [4.78, 5) is 0. The second-order valence-corrected chi connectivity index (χ2v) is 4.95. The predicted octanol–water partition coefficient (Wildman–Crippen LogP) is 2.97. The highest BCUT2D eigenvalue weighted by Crippen LogP contribution is 2.26. The molecule has 0 aliphatic heterocycles. The number of aromatic nitrogens is 2. The van der Waals surface area contributed by atoms with Gasteiger partial charge in [0.05, 0.1) is 11.4 Å². The molecule has 1 unspecified atom stereocenters. The zero-order valence-electron chi connectivity index (χ0n) is 12.5. The van der Waals surface area contributed by atoms with Gasteiger partial charge in [-0.25, -0.2) is 0 Å². The summed E-state index contributed by atoms with van der Waals surface area (Å²) in [7, 11) is 1.95. The van der Waals surface area contributed by atoms with E-state index in [0.29, 0.717) is 6.61 Å². The van der Waals surface area contributed by atoms with Gasteiger partial charge in [-0.05, 0) is 25.0 Å². The van der Waals surface area contributed by atoms with E-state index in [-0.39, 0.29) is 6.04 Å². The Hall–Kier alpha value is -1.81. The number of hydrogen-bond acceptors (Lipinski definition) is 3. The van der Waals surface area contributed by atoms with Crippen molar-refractivity contribution in [3.63, 3.8) is 0 Å². The molecular weight excluding hydrogens is 250 g/mol. The van der Waals surface area contributed by atoms with Gasteiger partial charge >= 0.3 is 0 Å². The van der Waals surface area contributed by atoms with Crippen molar-refractivity contribution < 1.29 is 4.74 Å². The first kappa shape index (κ1) is 14.6. The van der Waals surface area contributed by atoms with Gasteiger partial charge in [-0.1, -0.05) is 32.0 Å². The normalized spacial score (nSPS) is 12.4. The van der Waals surface area contributed by atoms with Crippen LogP contribution in [0.2, 0.25) is 0 Å². The molecule has 4 heteroatoms. The lowest BCUT2D eigenvalue weighted by atomic mass is 10.0. The van der Waals surface area contributed by atoms with E-state index in [1.807, 2.05) is 36.0 Å². The van der Waals surface area contributed by atoms with E-state index >= 15 is 0 Å². The zero-order chi connectivity index (χ0) is 14.5. The topological polar surface area (TPSA) is 53.1 Å². The van der Waals surface area contributed by atoms with Crippen LogP contribution < -0.4 is 10.5 Å². The van der Waals surface area contributed by atoms with E-state index in [0.717, 1.165) is 35.5 Å². The molecular formula is C16H23N3O. The van der Waals surface area contributed by atoms with Crippen LogP contribution in [0.1, 0.15) is 43.3 Å². The summed E-state index contributed by atoms with van der Waals surface area (Å²) in [6.45, 7) is 4.69. The largest absolute Gasteiger partial charge is 0.487 e. The van der Waals surface area contributed by atoms with Crippen LogP contribution >= 0.6 is 0 Å². The number of aryl methyl sites for hydroxylation is 2. The van der Waals surface area contributed by atoms with Gasteiger partial charge in [0.15, 0.2) is 0 Å². The van der Waals surface area contributed by atoms with E-state index in [9.17, 15) is 0 Å². The second kappa shape index (κ2) is 6.57. The first-order valence-electron chi connectivity index (χ1n) is 7.14. The van der Waals surface area contributed by atoms with Crippen molar-refractivity contribution in [2.24, 2.45) is 12.8 Å². The van der Waals surface area contributed by atoms with Gasteiger partial charge in [-0.2, -0.15) is 5.10 Å². The Morgan fingerprint density at radius 3 is 2.70 bits per heavy atom. The number of rotatable bonds is 6. The lowest BCUT2D eigenvalue weighted by Crippen LogP contribution is -2.11. The van der Waals surface area contributed by atoms with Crippen LogP contribution in [0.25, 0.3) is 0 Å². The van der Waals surface area contributed by atoms with Crippen LogP contribution in [0.5, 0.6) is 5.75 Å². The minimum atomic E-state index is 0.0175. The number of nitrogens with two attached hydrogens (primary N) is 1. The lowest BCUT2D eigenvalue weighted by molar-refractivity contribution is 0.290. The molecule has 1 aromatic heterocycles. The highest BCUT2D eigenvalue weighted by Gasteiger charge is 2.11. The van der Waals surface area contributed by atoms with Gasteiger partial charge in [0.1, 0.15) is 12.4 Å². The SMILES string of the molecule is CCc1cc(COc2ccccc2C(N)CC)n(C)n1. The molecule has 1 aromatic carbocycles. The molecule has 0 saturated heterocycles. The molecule has 108 valence electrons. The first-order valence-corrected chi connectivity index (χ1v) is 7.14. The maximum atomic E-state index is 6.12. The van der Waals surface area contributed by atoms with Crippen molar-refractivity contribution in [3.05, 3.63) is 47.3 Å². The minimum absolute atomic E-state index is 0.0175. The fraction of sp³-hybridized carbons (Fsp3) is 0.438. The highest BCUT2D eigenvalue weighted by molar-refractivity contribution is 5.35.